The van der Waals surface area contributed by atoms with Crippen molar-refractivity contribution in [1.82, 2.24) is 14.8 Å². The van der Waals surface area contributed by atoms with Crippen LogP contribution in [0.15, 0.2) is 54.7 Å². The Morgan fingerprint density at radius 2 is 1.89 bits per heavy atom. The van der Waals surface area contributed by atoms with Gasteiger partial charge in [0, 0.05) is 18.8 Å². The van der Waals surface area contributed by atoms with Crippen molar-refractivity contribution in [2.75, 3.05) is 36.5 Å². The van der Waals surface area contributed by atoms with E-state index in [0.717, 1.165) is 30.3 Å². The van der Waals surface area contributed by atoms with E-state index in [1.807, 2.05) is 49.4 Å². The fourth-order valence-electron chi connectivity index (χ4n) is 3.05. The molecule has 0 bridgehead atoms. The van der Waals surface area contributed by atoms with Crippen LogP contribution >= 0.6 is 0 Å². The summed E-state index contributed by atoms with van der Waals surface area (Å²) in [4.78, 5) is 19.2. The van der Waals surface area contributed by atoms with E-state index in [0.29, 0.717) is 24.6 Å². The van der Waals surface area contributed by atoms with Crippen molar-refractivity contribution < 1.29 is 9.53 Å². The number of hydrogen-bond donors (Lipinski definition) is 1. The molecule has 0 saturated carbocycles. The maximum Gasteiger partial charge on any atom is 0.276 e. The molecule has 2 aromatic heterocycles. The summed E-state index contributed by atoms with van der Waals surface area (Å²) in [5.41, 5.74) is 2.83. The van der Waals surface area contributed by atoms with Crippen molar-refractivity contribution in [3.63, 3.8) is 0 Å². The van der Waals surface area contributed by atoms with E-state index in [1.165, 1.54) is 0 Å². The number of benzene rings is 1. The molecule has 138 valence electrons. The van der Waals surface area contributed by atoms with Gasteiger partial charge in [0.2, 0.25) is 0 Å². The van der Waals surface area contributed by atoms with Gasteiger partial charge in [-0.05, 0) is 37.3 Å². The number of morpholine rings is 1. The number of para-hydroxylation sites is 1. The van der Waals surface area contributed by atoms with E-state index in [2.05, 4.69) is 20.3 Å². The van der Waals surface area contributed by atoms with Gasteiger partial charge in [-0.3, -0.25) is 4.79 Å². The summed E-state index contributed by atoms with van der Waals surface area (Å²) in [6.07, 6.45) is 1.67. The predicted molar refractivity (Wildman–Crippen MR) is 104 cm³/mol. The third-order valence-corrected chi connectivity index (χ3v) is 4.46. The number of carbonyl (C=O) groups is 1. The van der Waals surface area contributed by atoms with E-state index in [4.69, 9.17) is 4.74 Å². The van der Waals surface area contributed by atoms with E-state index < -0.39 is 0 Å². The number of anilines is 2. The van der Waals surface area contributed by atoms with Crippen molar-refractivity contribution in [1.29, 1.82) is 0 Å². The Hall–Kier alpha value is -3.19. The summed E-state index contributed by atoms with van der Waals surface area (Å²) in [5, 5.41) is 7.29. The Morgan fingerprint density at radius 1 is 1.11 bits per heavy atom. The molecule has 0 unspecified atom stereocenters. The zero-order valence-corrected chi connectivity index (χ0v) is 15.1. The molecule has 4 rings (SSSR count). The molecule has 27 heavy (non-hydrogen) atoms. The number of hydrogen-bond acceptors (Lipinski definition) is 5. The monoisotopic (exact) mass is 363 g/mol. The first-order valence-corrected chi connectivity index (χ1v) is 8.93. The first-order chi connectivity index (χ1) is 13.2. The molecule has 0 aliphatic carbocycles. The molecular weight excluding hydrogens is 342 g/mol. The Morgan fingerprint density at radius 3 is 2.59 bits per heavy atom. The lowest BCUT2D eigenvalue weighted by Crippen LogP contribution is -2.36. The average Bonchev–Trinajstić information content (AvgIpc) is 3.12. The molecule has 3 aromatic rings. The van der Waals surface area contributed by atoms with Crippen LogP contribution in [0.2, 0.25) is 0 Å². The van der Waals surface area contributed by atoms with Crippen molar-refractivity contribution in [2.45, 2.75) is 6.92 Å². The summed E-state index contributed by atoms with van der Waals surface area (Å²) in [6.45, 7) is 5.01. The van der Waals surface area contributed by atoms with Crippen LogP contribution in [0.4, 0.5) is 11.5 Å². The topological polar surface area (TPSA) is 72.3 Å². The fourth-order valence-corrected chi connectivity index (χ4v) is 3.05. The van der Waals surface area contributed by atoms with Gasteiger partial charge in [0.05, 0.1) is 30.8 Å². The maximum atomic E-state index is 12.6. The standard InChI is InChI=1S/C20H21N5O2/c1-15-13-18(23-25(15)17-5-3-2-4-6-17)20(26)22-16-7-8-19(21-14-16)24-9-11-27-12-10-24/h2-8,13-14H,9-12H2,1H3,(H,22,26). The number of aryl methyl sites for hydroxylation is 1. The fraction of sp³-hybridized carbons (Fsp3) is 0.250. The van der Waals surface area contributed by atoms with Gasteiger partial charge < -0.3 is 15.0 Å². The Bertz CT molecular complexity index is 915. The number of aromatic nitrogens is 3. The van der Waals surface area contributed by atoms with Gasteiger partial charge in [-0.2, -0.15) is 5.10 Å². The van der Waals surface area contributed by atoms with Crippen molar-refractivity contribution in [3.8, 4) is 5.69 Å². The van der Waals surface area contributed by atoms with Gasteiger partial charge >= 0.3 is 0 Å². The molecule has 3 heterocycles. The van der Waals surface area contributed by atoms with Gasteiger partial charge in [-0.1, -0.05) is 18.2 Å². The Kier molecular flexibility index (Phi) is 4.84. The number of pyridine rings is 1. The van der Waals surface area contributed by atoms with E-state index in [9.17, 15) is 4.79 Å². The molecule has 0 spiro atoms. The normalized spacial score (nSPS) is 14.2. The van der Waals surface area contributed by atoms with Crippen LogP contribution in [0, 0.1) is 6.92 Å². The average molecular weight is 363 g/mol. The van der Waals surface area contributed by atoms with Crippen LogP contribution in [-0.2, 0) is 4.74 Å². The largest absolute Gasteiger partial charge is 0.378 e. The minimum atomic E-state index is -0.256. The van der Waals surface area contributed by atoms with Gasteiger partial charge in [-0.15, -0.1) is 0 Å². The number of rotatable bonds is 4. The molecule has 1 aromatic carbocycles. The van der Waals surface area contributed by atoms with E-state index in [1.54, 1.807) is 16.9 Å². The molecule has 0 atom stereocenters. The Balaban J connectivity index is 1.46. The lowest BCUT2D eigenvalue weighted by Gasteiger charge is -2.27. The molecule has 1 amide bonds. The number of nitrogens with one attached hydrogen (secondary N) is 1. The third kappa shape index (κ3) is 3.83. The van der Waals surface area contributed by atoms with Gasteiger partial charge in [0.15, 0.2) is 5.69 Å². The highest BCUT2D eigenvalue weighted by atomic mass is 16.5. The number of amides is 1. The highest BCUT2D eigenvalue weighted by Crippen LogP contribution is 2.17. The number of nitrogens with zero attached hydrogens (tertiary/aromatic N) is 4. The summed E-state index contributed by atoms with van der Waals surface area (Å²) < 4.78 is 7.11. The first kappa shape index (κ1) is 17.2. The van der Waals surface area contributed by atoms with Crippen molar-refractivity contribution in [2.24, 2.45) is 0 Å². The van der Waals surface area contributed by atoms with Crippen molar-refractivity contribution in [3.05, 3.63) is 66.1 Å². The summed E-state index contributed by atoms with van der Waals surface area (Å²) in [6, 6.07) is 15.3. The minimum absolute atomic E-state index is 0.256. The van der Waals surface area contributed by atoms with Gasteiger partial charge in [0.25, 0.3) is 5.91 Å². The molecule has 7 nitrogen and oxygen atoms in total. The predicted octanol–water partition coefficient (Wildman–Crippen LogP) is 2.66. The second kappa shape index (κ2) is 7.59. The van der Waals surface area contributed by atoms with Gasteiger partial charge in [0.1, 0.15) is 5.82 Å². The SMILES string of the molecule is Cc1cc(C(=O)Nc2ccc(N3CCOCC3)nc2)nn1-c1ccccc1. The van der Waals surface area contributed by atoms with Crippen LogP contribution in [0.5, 0.6) is 0 Å². The lowest BCUT2D eigenvalue weighted by atomic mass is 10.3. The second-order valence-electron chi connectivity index (χ2n) is 6.38. The van der Waals surface area contributed by atoms with Crippen LogP contribution in [-0.4, -0.2) is 47.0 Å². The van der Waals surface area contributed by atoms with E-state index in [-0.39, 0.29) is 5.91 Å². The second-order valence-corrected chi connectivity index (χ2v) is 6.38. The molecule has 7 heteroatoms. The smallest absolute Gasteiger partial charge is 0.276 e. The zero-order valence-electron chi connectivity index (χ0n) is 15.1. The maximum absolute atomic E-state index is 12.6. The summed E-state index contributed by atoms with van der Waals surface area (Å²) in [7, 11) is 0. The number of ether oxygens (including phenoxy) is 1. The molecular formula is C20H21N5O2. The van der Waals surface area contributed by atoms with Crippen LogP contribution in [0.1, 0.15) is 16.2 Å². The van der Waals surface area contributed by atoms with E-state index >= 15 is 0 Å². The zero-order chi connectivity index (χ0) is 18.6. The van der Waals surface area contributed by atoms with Crippen LogP contribution in [0.3, 0.4) is 0 Å². The number of carbonyl (C=O) groups excluding carboxylic acids is 1. The highest BCUT2D eigenvalue weighted by molar-refractivity contribution is 6.02. The molecule has 1 aliphatic heterocycles. The molecule has 1 fully saturated rings. The Labute approximate surface area is 157 Å². The highest BCUT2D eigenvalue weighted by Gasteiger charge is 2.15. The molecule has 1 saturated heterocycles. The van der Waals surface area contributed by atoms with Gasteiger partial charge in [-0.25, -0.2) is 9.67 Å². The minimum Gasteiger partial charge on any atom is -0.378 e. The van der Waals surface area contributed by atoms with Crippen LogP contribution in [0.25, 0.3) is 5.69 Å². The van der Waals surface area contributed by atoms with Crippen molar-refractivity contribution >= 4 is 17.4 Å². The quantitative estimate of drug-likeness (QED) is 0.772. The third-order valence-electron chi connectivity index (χ3n) is 4.46. The first-order valence-electron chi connectivity index (χ1n) is 8.93. The lowest BCUT2D eigenvalue weighted by molar-refractivity contribution is 0.102. The summed E-state index contributed by atoms with van der Waals surface area (Å²) >= 11 is 0. The molecule has 0 radical (unpaired) electrons. The van der Waals surface area contributed by atoms with Crippen LogP contribution < -0.4 is 10.2 Å². The molecule has 1 aliphatic rings. The molecule has 1 N–H and O–H groups in total. The summed E-state index contributed by atoms with van der Waals surface area (Å²) in [5.74, 6) is 0.634.